The van der Waals surface area contributed by atoms with E-state index in [9.17, 15) is 0 Å². The molecule has 0 amide bonds. The van der Waals surface area contributed by atoms with Crippen molar-refractivity contribution >= 4 is 11.3 Å². The fourth-order valence-electron chi connectivity index (χ4n) is 3.60. The Bertz CT molecular complexity index is 654. The first kappa shape index (κ1) is 11.2. The average Bonchev–Trinajstić information content (AvgIpc) is 3.19. The summed E-state index contributed by atoms with van der Waals surface area (Å²) in [6, 6.07) is 3.96. The summed E-state index contributed by atoms with van der Waals surface area (Å²) in [5.74, 6) is 3.44. The second kappa shape index (κ2) is 4.17. The van der Waals surface area contributed by atoms with Crippen LogP contribution in [-0.2, 0) is 0 Å². The number of aromatic nitrogens is 2. The molecule has 96 valence electrons. The van der Waals surface area contributed by atoms with Gasteiger partial charge < -0.3 is 4.52 Å². The number of fused-ring (bicyclic) bond motifs is 2. The lowest BCUT2D eigenvalue weighted by Crippen LogP contribution is -2.09. The van der Waals surface area contributed by atoms with Gasteiger partial charge in [-0.05, 0) is 42.5 Å². The molecule has 0 aliphatic heterocycles. The highest BCUT2D eigenvalue weighted by atomic mass is 32.1. The molecule has 4 rings (SSSR count). The highest BCUT2D eigenvalue weighted by Gasteiger charge is 2.42. The molecule has 0 saturated heterocycles. The Morgan fingerprint density at radius 1 is 1.37 bits per heavy atom. The van der Waals surface area contributed by atoms with Crippen LogP contribution in [0, 0.1) is 23.2 Å². The summed E-state index contributed by atoms with van der Waals surface area (Å²) in [4.78, 5) is 5.34. The second-order valence-corrected chi connectivity index (χ2v) is 6.43. The molecule has 2 saturated carbocycles. The van der Waals surface area contributed by atoms with Crippen molar-refractivity contribution in [3.8, 4) is 16.8 Å². The summed E-state index contributed by atoms with van der Waals surface area (Å²) >= 11 is 1.48. The van der Waals surface area contributed by atoms with Gasteiger partial charge in [-0.1, -0.05) is 11.6 Å². The highest BCUT2D eigenvalue weighted by Crippen LogP contribution is 2.52. The van der Waals surface area contributed by atoms with E-state index in [4.69, 9.17) is 9.78 Å². The summed E-state index contributed by atoms with van der Waals surface area (Å²) in [5.41, 5.74) is 0.619. The van der Waals surface area contributed by atoms with Crippen LogP contribution in [0.4, 0.5) is 0 Å². The first-order valence-electron chi connectivity index (χ1n) is 6.66. The lowest BCUT2D eigenvalue weighted by Gasteiger charge is -2.17. The van der Waals surface area contributed by atoms with Gasteiger partial charge in [-0.15, -0.1) is 11.3 Å². The Balaban J connectivity index is 1.65. The zero-order chi connectivity index (χ0) is 12.8. The molecule has 2 aromatic rings. The first-order chi connectivity index (χ1) is 9.35. The monoisotopic (exact) mass is 271 g/mol. The van der Waals surface area contributed by atoms with E-state index >= 15 is 0 Å². The molecule has 0 radical (unpaired) electrons. The number of thiophene rings is 1. The molecular formula is C14H13N3OS. The van der Waals surface area contributed by atoms with Crippen molar-refractivity contribution in [3.05, 3.63) is 22.8 Å². The number of hydrogen-bond donors (Lipinski definition) is 0. The molecular weight excluding hydrogens is 258 g/mol. The Morgan fingerprint density at radius 3 is 3.05 bits per heavy atom. The quantitative estimate of drug-likeness (QED) is 0.837. The molecule has 19 heavy (non-hydrogen) atoms. The minimum atomic E-state index is 0.474. The molecule has 2 aliphatic carbocycles. The molecule has 5 heteroatoms. The number of hydrogen-bond acceptors (Lipinski definition) is 5. The maximum absolute atomic E-state index is 9.04. The van der Waals surface area contributed by atoms with Gasteiger partial charge in [-0.25, -0.2) is 0 Å². The van der Waals surface area contributed by atoms with Crippen LogP contribution < -0.4 is 0 Å². The third-order valence-electron chi connectivity index (χ3n) is 4.49. The summed E-state index contributed by atoms with van der Waals surface area (Å²) in [6.45, 7) is 0. The molecule has 0 aromatic carbocycles. The van der Waals surface area contributed by atoms with Crippen molar-refractivity contribution in [3.63, 3.8) is 0 Å². The van der Waals surface area contributed by atoms with E-state index < -0.39 is 0 Å². The van der Waals surface area contributed by atoms with Crippen molar-refractivity contribution in [1.82, 2.24) is 10.1 Å². The van der Waals surface area contributed by atoms with Crippen molar-refractivity contribution in [1.29, 1.82) is 5.26 Å². The lowest BCUT2D eigenvalue weighted by molar-refractivity contribution is 0.372. The zero-order valence-electron chi connectivity index (χ0n) is 10.4. The van der Waals surface area contributed by atoms with Crippen LogP contribution >= 0.6 is 11.3 Å². The largest absolute Gasteiger partial charge is 0.333 e. The van der Waals surface area contributed by atoms with Gasteiger partial charge >= 0.3 is 0 Å². The minimum Gasteiger partial charge on any atom is -0.333 e. The van der Waals surface area contributed by atoms with Crippen LogP contribution in [0.1, 0.15) is 43.0 Å². The van der Waals surface area contributed by atoms with Crippen LogP contribution in [0.2, 0.25) is 0 Å². The smallest absolute Gasteiger partial charge is 0.269 e. The lowest BCUT2D eigenvalue weighted by atomic mass is 9.88. The summed E-state index contributed by atoms with van der Waals surface area (Å²) in [5, 5.41) is 15.1. The van der Waals surface area contributed by atoms with Crippen LogP contribution in [0.5, 0.6) is 0 Å². The van der Waals surface area contributed by atoms with E-state index in [1.807, 2.05) is 5.38 Å². The van der Waals surface area contributed by atoms with E-state index in [0.29, 0.717) is 17.4 Å². The molecule has 2 heterocycles. The maximum atomic E-state index is 9.04. The first-order valence-corrected chi connectivity index (χ1v) is 7.54. The van der Waals surface area contributed by atoms with E-state index in [1.54, 1.807) is 6.07 Å². The predicted molar refractivity (Wildman–Crippen MR) is 70.5 cm³/mol. The molecule has 3 atom stereocenters. The van der Waals surface area contributed by atoms with Gasteiger partial charge in [0.15, 0.2) is 5.82 Å². The summed E-state index contributed by atoms with van der Waals surface area (Å²) in [7, 11) is 0. The Morgan fingerprint density at radius 2 is 2.32 bits per heavy atom. The molecule has 2 bridgehead atoms. The predicted octanol–water partition coefficient (Wildman–Crippen LogP) is 3.57. The molecule has 4 nitrogen and oxygen atoms in total. The normalized spacial score (nSPS) is 28.7. The molecule has 0 N–H and O–H groups in total. The SMILES string of the molecule is N#Cc1ccsc1-c1nc(C2CC3CCC2C3)no1. The van der Waals surface area contributed by atoms with Gasteiger partial charge in [-0.3, -0.25) is 0 Å². The number of rotatable bonds is 2. The number of nitrogens with zero attached hydrogens (tertiary/aromatic N) is 3. The summed E-state index contributed by atoms with van der Waals surface area (Å²) < 4.78 is 5.37. The summed E-state index contributed by atoms with van der Waals surface area (Å²) in [6.07, 6.45) is 5.22. The van der Waals surface area contributed by atoms with Crippen molar-refractivity contribution in [2.45, 2.75) is 31.6 Å². The number of nitriles is 1. The topological polar surface area (TPSA) is 62.7 Å². The van der Waals surface area contributed by atoms with Crippen molar-refractivity contribution in [2.75, 3.05) is 0 Å². The molecule has 0 spiro atoms. The molecule has 3 unspecified atom stereocenters. The van der Waals surface area contributed by atoms with E-state index in [0.717, 1.165) is 22.5 Å². The highest BCUT2D eigenvalue weighted by molar-refractivity contribution is 7.13. The van der Waals surface area contributed by atoms with E-state index in [1.165, 1.54) is 37.0 Å². The van der Waals surface area contributed by atoms with Crippen molar-refractivity contribution < 1.29 is 4.52 Å². The van der Waals surface area contributed by atoms with E-state index in [-0.39, 0.29) is 0 Å². The maximum Gasteiger partial charge on any atom is 0.269 e. The minimum absolute atomic E-state index is 0.474. The van der Waals surface area contributed by atoms with Gasteiger partial charge in [0.05, 0.1) is 5.56 Å². The third kappa shape index (κ3) is 1.71. The Kier molecular flexibility index (Phi) is 2.46. The second-order valence-electron chi connectivity index (χ2n) is 5.51. The molecule has 2 fully saturated rings. The zero-order valence-corrected chi connectivity index (χ0v) is 11.2. The Labute approximate surface area is 115 Å². The van der Waals surface area contributed by atoms with Gasteiger partial charge in [0.1, 0.15) is 10.9 Å². The van der Waals surface area contributed by atoms with Crippen LogP contribution in [0.25, 0.3) is 10.8 Å². The Hall–Kier alpha value is -1.67. The standard InChI is InChI=1S/C14H13N3OS/c15-7-10-3-4-19-12(10)14-16-13(17-18-14)11-6-8-1-2-9(11)5-8/h3-4,8-9,11H,1-2,5-6H2. The fourth-order valence-corrected chi connectivity index (χ4v) is 4.37. The van der Waals surface area contributed by atoms with Gasteiger partial charge in [0.2, 0.25) is 0 Å². The van der Waals surface area contributed by atoms with Gasteiger partial charge in [0.25, 0.3) is 5.89 Å². The van der Waals surface area contributed by atoms with E-state index in [2.05, 4.69) is 16.2 Å². The van der Waals surface area contributed by atoms with Crippen molar-refractivity contribution in [2.24, 2.45) is 11.8 Å². The van der Waals surface area contributed by atoms with Crippen LogP contribution in [0.3, 0.4) is 0 Å². The van der Waals surface area contributed by atoms with Crippen LogP contribution in [-0.4, -0.2) is 10.1 Å². The van der Waals surface area contributed by atoms with Gasteiger partial charge in [-0.2, -0.15) is 10.2 Å². The average molecular weight is 271 g/mol. The molecule has 2 aromatic heterocycles. The van der Waals surface area contributed by atoms with Crippen LogP contribution in [0.15, 0.2) is 16.0 Å². The third-order valence-corrected chi connectivity index (χ3v) is 5.39. The molecule has 2 aliphatic rings. The fraction of sp³-hybridized carbons (Fsp3) is 0.500. The van der Waals surface area contributed by atoms with Gasteiger partial charge in [0, 0.05) is 5.92 Å².